The average molecular weight is 325 g/mol. The summed E-state index contributed by atoms with van der Waals surface area (Å²) < 4.78 is 5.04. The molecule has 2 atom stereocenters. The Bertz CT molecular complexity index is 692. The van der Waals surface area contributed by atoms with Gasteiger partial charge in [-0.25, -0.2) is 0 Å². The highest BCUT2D eigenvalue weighted by Gasteiger charge is 2.45. The molecule has 1 aliphatic rings. The second-order valence-electron chi connectivity index (χ2n) is 5.28. The lowest BCUT2D eigenvalue weighted by Crippen LogP contribution is -2.15. The van der Waals surface area contributed by atoms with E-state index in [2.05, 4.69) is 10.5 Å². The lowest BCUT2D eigenvalue weighted by Gasteiger charge is -2.06. The molecule has 1 heterocycles. The van der Waals surface area contributed by atoms with Gasteiger partial charge in [0.2, 0.25) is 5.91 Å². The van der Waals surface area contributed by atoms with E-state index in [4.69, 9.17) is 27.7 Å². The fourth-order valence-electron chi connectivity index (χ4n) is 2.51. The molecular weight excluding hydrogens is 311 g/mol. The molecule has 1 fully saturated rings. The zero-order valence-corrected chi connectivity index (χ0v) is 13.1. The Balaban J connectivity index is 1.73. The van der Waals surface area contributed by atoms with Gasteiger partial charge in [-0.05, 0) is 37.8 Å². The van der Waals surface area contributed by atoms with Gasteiger partial charge in [-0.1, -0.05) is 40.5 Å². The lowest BCUT2D eigenvalue weighted by atomic mass is 10.1. The SMILES string of the molecule is Cc1noc(C)c1NC(=O)[C@H]1C[C@@H]1c1cccc(Cl)c1Cl. The molecular formula is C15H14Cl2N2O2. The molecule has 21 heavy (non-hydrogen) atoms. The van der Waals surface area contributed by atoms with Gasteiger partial charge in [0.25, 0.3) is 0 Å². The summed E-state index contributed by atoms with van der Waals surface area (Å²) in [6.45, 7) is 3.57. The highest BCUT2D eigenvalue weighted by molar-refractivity contribution is 6.42. The van der Waals surface area contributed by atoms with Crippen LogP contribution in [0.5, 0.6) is 0 Å². The number of hydrogen-bond donors (Lipinski definition) is 1. The minimum Gasteiger partial charge on any atom is -0.359 e. The number of benzene rings is 1. The molecule has 4 nitrogen and oxygen atoms in total. The van der Waals surface area contributed by atoms with Gasteiger partial charge in [-0.2, -0.15) is 0 Å². The molecule has 0 bridgehead atoms. The predicted octanol–water partition coefficient (Wildman–Crippen LogP) is 4.34. The number of hydrogen-bond acceptors (Lipinski definition) is 3. The van der Waals surface area contributed by atoms with Crippen LogP contribution in [0.25, 0.3) is 0 Å². The molecule has 1 saturated carbocycles. The minimum absolute atomic E-state index is 0.0366. The maximum atomic E-state index is 12.3. The van der Waals surface area contributed by atoms with Gasteiger partial charge in [-0.15, -0.1) is 0 Å². The summed E-state index contributed by atoms with van der Waals surface area (Å²) in [4.78, 5) is 12.3. The number of amides is 1. The molecule has 0 unspecified atom stereocenters. The lowest BCUT2D eigenvalue weighted by molar-refractivity contribution is -0.117. The van der Waals surface area contributed by atoms with Crippen LogP contribution in [0.2, 0.25) is 10.0 Å². The first kappa shape index (κ1) is 14.4. The normalized spacial score (nSPS) is 20.4. The van der Waals surface area contributed by atoms with E-state index in [1.165, 1.54) is 0 Å². The smallest absolute Gasteiger partial charge is 0.228 e. The van der Waals surface area contributed by atoms with Gasteiger partial charge in [-0.3, -0.25) is 4.79 Å². The Morgan fingerprint density at radius 1 is 1.38 bits per heavy atom. The summed E-state index contributed by atoms with van der Waals surface area (Å²) in [6.07, 6.45) is 0.773. The van der Waals surface area contributed by atoms with Crippen LogP contribution in [-0.2, 0) is 4.79 Å². The van der Waals surface area contributed by atoms with Crippen molar-refractivity contribution >= 4 is 34.8 Å². The van der Waals surface area contributed by atoms with Crippen molar-refractivity contribution in [1.29, 1.82) is 0 Å². The zero-order chi connectivity index (χ0) is 15.1. The highest BCUT2D eigenvalue weighted by atomic mass is 35.5. The number of nitrogens with one attached hydrogen (secondary N) is 1. The number of rotatable bonds is 3. The van der Waals surface area contributed by atoms with Crippen molar-refractivity contribution in [3.05, 3.63) is 45.3 Å². The highest BCUT2D eigenvalue weighted by Crippen LogP contribution is 2.51. The summed E-state index contributed by atoms with van der Waals surface area (Å²) in [5.41, 5.74) is 2.27. The maximum Gasteiger partial charge on any atom is 0.228 e. The van der Waals surface area contributed by atoms with Crippen molar-refractivity contribution in [3.63, 3.8) is 0 Å². The number of aromatic nitrogens is 1. The molecule has 1 aliphatic carbocycles. The molecule has 1 amide bonds. The molecule has 1 aromatic carbocycles. The first-order chi connectivity index (χ1) is 9.99. The number of nitrogens with zero attached hydrogens (tertiary/aromatic N) is 1. The van der Waals surface area contributed by atoms with Gasteiger partial charge in [0.05, 0.1) is 10.0 Å². The van der Waals surface area contributed by atoms with Crippen LogP contribution in [0.3, 0.4) is 0 Å². The zero-order valence-electron chi connectivity index (χ0n) is 11.6. The van der Waals surface area contributed by atoms with Gasteiger partial charge in [0, 0.05) is 5.92 Å². The Morgan fingerprint density at radius 3 is 2.81 bits per heavy atom. The van der Waals surface area contributed by atoms with Gasteiger partial charge < -0.3 is 9.84 Å². The predicted molar refractivity (Wildman–Crippen MR) is 81.9 cm³/mol. The summed E-state index contributed by atoms with van der Waals surface area (Å²) in [7, 11) is 0. The van der Waals surface area contributed by atoms with E-state index in [-0.39, 0.29) is 17.7 Å². The van der Waals surface area contributed by atoms with Gasteiger partial charge in [0.1, 0.15) is 11.4 Å². The van der Waals surface area contributed by atoms with Crippen LogP contribution in [0.15, 0.2) is 22.7 Å². The largest absolute Gasteiger partial charge is 0.359 e. The average Bonchev–Trinajstić information content (AvgIpc) is 3.19. The van der Waals surface area contributed by atoms with Gasteiger partial charge in [0.15, 0.2) is 5.76 Å². The Kier molecular flexibility index (Phi) is 3.68. The first-order valence-corrected chi connectivity index (χ1v) is 7.42. The number of aryl methyl sites for hydroxylation is 2. The first-order valence-electron chi connectivity index (χ1n) is 6.66. The number of carbonyl (C=O) groups excluding carboxylic acids is 1. The van der Waals surface area contributed by atoms with E-state index < -0.39 is 0 Å². The fourth-order valence-corrected chi connectivity index (χ4v) is 2.96. The molecule has 2 aromatic rings. The van der Waals surface area contributed by atoms with Crippen molar-refractivity contribution in [2.24, 2.45) is 5.92 Å². The van der Waals surface area contributed by atoms with Crippen molar-refractivity contribution < 1.29 is 9.32 Å². The van der Waals surface area contributed by atoms with Gasteiger partial charge >= 0.3 is 0 Å². The van der Waals surface area contributed by atoms with Crippen molar-refractivity contribution in [3.8, 4) is 0 Å². The monoisotopic (exact) mass is 324 g/mol. The molecule has 0 spiro atoms. The molecule has 6 heteroatoms. The Hall–Kier alpha value is -1.52. The van der Waals surface area contributed by atoms with E-state index in [9.17, 15) is 4.79 Å². The standard InChI is InChI=1S/C15H14Cl2N2O2/c1-7-14(8(2)21-19-7)18-15(20)11-6-10(11)9-4-3-5-12(16)13(9)17/h3-5,10-11H,6H2,1-2H3,(H,18,20)/t10-,11+/m1/s1. The van der Waals surface area contributed by atoms with Crippen LogP contribution < -0.4 is 5.32 Å². The van der Waals surface area contributed by atoms with Crippen LogP contribution in [0, 0.1) is 19.8 Å². The Labute approximate surface area is 132 Å². The number of carbonyl (C=O) groups is 1. The third-order valence-electron chi connectivity index (χ3n) is 3.79. The van der Waals surface area contributed by atoms with E-state index in [0.29, 0.717) is 27.2 Å². The summed E-state index contributed by atoms with van der Waals surface area (Å²) in [5, 5.41) is 7.76. The van der Waals surface area contributed by atoms with Crippen LogP contribution >= 0.6 is 23.2 Å². The molecule has 0 radical (unpaired) electrons. The third-order valence-corrected chi connectivity index (χ3v) is 4.62. The summed E-state index contributed by atoms with van der Waals surface area (Å²) in [5.74, 6) is 0.607. The van der Waals surface area contributed by atoms with Crippen LogP contribution in [0.4, 0.5) is 5.69 Å². The van der Waals surface area contributed by atoms with E-state index >= 15 is 0 Å². The summed E-state index contributed by atoms with van der Waals surface area (Å²) >= 11 is 12.2. The molecule has 0 aliphatic heterocycles. The quantitative estimate of drug-likeness (QED) is 0.913. The minimum atomic E-state index is -0.0883. The van der Waals surface area contributed by atoms with E-state index in [1.54, 1.807) is 19.9 Å². The van der Waals surface area contributed by atoms with Crippen molar-refractivity contribution in [2.75, 3.05) is 5.32 Å². The van der Waals surface area contributed by atoms with E-state index in [0.717, 1.165) is 12.0 Å². The van der Waals surface area contributed by atoms with Crippen LogP contribution in [-0.4, -0.2) is 11.1 Å². The topological polar surface area (TPSA) is 55.1 Å². The summed E-state index contributed by atoms with van der Waals surface area (Å²) in [6, 6.07) is 5.52. The van der Waals surface area contributed by atoms with Crippen molar-refractivity contribution in [1.82, 2.24) is 5.16 Å². The number of anilines is 1. The maximum absolute atomic E-state index is 12.3. The number of halogens is 2. The molecule has 110 valence electrons. The molecule has 1 N–H and O–H groups in total. The fraction of sp³-hybridized carbons (Fsp3) is 0.333. The van der Waals surface area contributed by atoms with Crippen LogP contribution in [0.1, 0.15) is 29.4 Å². The third kappa shape index (κ3) is 2.65. The Morgan fingerprint density at radius 2 is 2.14 bits per heavy atom. The molecule has 1 aromatic heterocycles. The van der Waals surface area contributed by atoms with E-state index in [1.807, 2.05) is 12.1 Å². The second-order valence-corrected chi connectivity index (χ2v) is 6.07. The molecule has 3 rings (SSSR count). The second kappa shape index (κ2) is 5.35. The molecule has 0 saturated heterocycles. The van der Waals surface area contributed by atoms with Crippen molar-refractivity contribution in [2.45, 2.75) is 26.2 Å².